The molecule has 2 atom stereocenters. The molecule has 1 N–H and O–H groups in total. The first-order valence-corrected chi connectivity index (χ1v) is 9.21. The highest BCUT2D eigenvalue weighted by molar-refractivity contribution is 9.10. The highest BCUT2D eigenvalue weighted by Crippen LogP contribution is 2.34. The van der Waals surface area contributed by atoms with Crippen LogP contribution in [0.3, 0.4) is 0 Å². The lowest BCUT2D eigenvalue weighted by molar-refractivity contribution is -0.118. The van der Waals surface area contributed by atoms with Crippen molar-refractivity contribution in [2.45, 2.75) is 18.9 Å². The van der Waals surface area contributed by atoms with Gasteiger partial charge >= 0.3 is 0 Å². The molecule has 25 heavy (non-hydrogen) atoms. The summed E-state index contributed by atoms with van der Waals surface area (Å²) in [5.74, 6) is 1.24. The molecule has 1 saturated heterocycles. The topological polar surface area (TPSA) is 67.2 Å². The number of anilines is 1. The van der Waals surface area contributed by atoms with Crippen LogP contribution in [0.4, 0.5) is 5.82 Å². The number of carbonyl (C=O) groups is 1. The van der Waals surface area contributed by atoms with E-state index in [2.05, 4.69) is 31.1 Å². The van der Waals surface area contributed by atoms with E-state index in [1.54, 1.807) is 18.3 Å². The Balaban J connectivity index is 1.43. The van der Waals surface area contributed by atoms with Gasteiger partial charge in [-0.1, -0.05) is 6.07 Å². The number of hydrogen-bond donors (Lipinski definition) is 1. The maximum absolute atomic E-state index is 12.3. The van der Waals surface area contributed by atoms with E-state index in [0.717, 1.165) is 36.2 Å². The smallest absolute Gasteiger partial charge is 0.250 e. The van der Waals surface area contributed by atoms with Gasteiger partial charge in [0.2, 0.25) is 5.91 Å². The molecule has 1 amide bonds. The van der Waals surface area contributed by atoms with Gasteiger partial charge in [-0.3, -0.25) is 14.5 Å². The van der Waals surface area contributed by atoms with Gasteiger partial charge in [-0.2, -0.15) is 0 Å². The van der Waals surface area contributed by atoms with Gasteiger partial charge in [0, 0.05) is 48.0 Å². The van der Waals surface area contributed by atoms with Gasteiger partial charge in [-0.15, -0.1) is 0 Å². The maximum atomic E-state index is 12.3. The van der Waals surface area contributed by atoms with Gasteiger partial charge in [0.05, 0.1) is 6.54 Å². The van der Waals surface area contributed by atoms with E-state index in [-0.39, 0.29) is 11.5 Å². The van der Waals surface area contributed by atoms with E-state index in [1.807, 2.05) is 22.8 Å². The summed E-state index contributed by atoms with van der Waals surface area (Å²) in [7, 11) is 0. The predicted octanol–water partition coefficient (Wildman–Crippen LogP) is 2.06. The number of amides is 1. The second-order valence-electron chi connectivity index (χ2n) is 6.80. The Bertz CT molecular complexity index is 849. The molecule has 0 saturated carbocycles. The Labute approximate surface area is 154 Å². The summed E-state index contributed by atoms with van der Waals surface area (Å²) >= 11 is 3.33. The Morgan fingerprint density at radius 3 is 2.92 bits per heavy atom. The largest absolute Gasteiger partial charge is 0.312 e. The highest BCUT2D eigenvalue weighted by atomic mass is 79.9. The number of likely N-dealkylation sites (tertiary alicyclic amines) is 1. The molecule has 2 bridgehead atoms. The number of fused-ring (bicyclic) bond motifs is 4. The second kappa shape index (κ2) is 6.72. The number of carbonyl (C=O) groups excluding carboxylic acids is 1. The highest BCUT2D eigenvalue weighted by Gasteiger charge is 2.34. The average Bonchev–Trinajstić information content (AvgIpc) is 2.58. The van der Waals surface area contributed by atoms with Crippen LogP contribution in [0.5, 0.6) is 0 Å². The molecule has 130 valence electrons. The van der Waals surface area contributed by atoms with E-state index < -0.39 is 0 Å². The standard InChI is InChI=1S/C18H19BrN4O2/c19-14-4-5-16(20-7-14)21-17(24)11-22-8-12-6-13(10-22)15-2-1-3-18(25)23(15)9-12/h1-5,7,12-13H,6,8-11H2,(H,20,21,24)/t12-,13-/m1/s1. The Morgan fingerprint density at radius 2 is 2.12 bits per heavy atom. The molecule has 4 rings (SSSR count). The van der Waals surface area contributed by atoms with Crippen molar-refractivity contribution in [3.05, 3.63) is 57.0 Å². The molecule has 0 unspecified atom stereocenters. The third kappa shape index (κ3) is 3.52. The summed E-state index contributed by atoms with van der Waals surface area (Å²) in [5.41, 5.74) is 1.18. The molecule has 1 fully saturated rings. The van der Waals surface area contributed by atoms with Crippen LogP contribution in [0.15, 0.2) is 45.8 Å². The molecule has 7 heteroatoms. The van der Waals surface area contributed by atoms with Crippen LogP contribution >= 0.6 is 15.9 Å². The first-order valence-electron chi connectivity index (χ1n) is 8.42. The van der Waals surface area contributed by atoms with Crippen molar-refractivity contribution < 1.29 is 4.79 Å². The Kier molecular flexibility index (Phi) is 4.43. The number of aromatic nitrogens is 2. The SMILES string of the molecule is O=C(CN1C[C@H]2C[C@H](C1)c1cccc(=O)n1C2)Nc1ccc(Br)cn1. The van der Waals surface area contributed by atoms with Gasteiger partial charge in [0.15, 0.2) is 0 Å². The number of rotatable bonds is 3. The number of halogens is 1. The third-order valence-electron chi connectivity index (χ3n) is 4.92. The molecule has 4 heterocycles. The minimum atomic E-state index is -0.0553. The van der Waals surface area contributed by atoms with E-state index in [1.165, 1.54) is 0 Å². The van der Waals surface area contributed by atoms with Crippen molar-refractivity contribution in [2.75, 3.05) is 25.0 Å². The monoisotopic (exact) mass is 402 g/mol. The fraction of sp³-hybridized carbons (Fsp3) is 0.389. The first-order chi connectivity index (χ1) is 12.1. The molecular weight excluding hydrogens is 384 g/mol. The zero-order chi connectivity index (χ0) is 17.4. The third-order valence-corrected chi connectivity index (χ3v) is 5.39. The van der Waals surface area contributed by atoms with Crippen LogP contribution in [0.1, 0.15) is 18.0 Å². The summed E-state index contributed by atoms with van der Waals surface area (Å²) in [6, 6.07) is 9.12. The molecule has 6 nitrogen and oxygen atoms in total. The van der Waals surface area contributed by atoms with Crippen molar-refractivity contribution in [3.8, 4) is 0 Å². The minimum absolute atomic E-state index is 0.0553. The Morgan fingerprint density at radius 1 is 1.24 bits per heavy atom. The lowest BCUT2D eigenvalue weighted by Gasteiger charge is -2.42. The maximum Gasteiger partial charge on any atom is 0.250 e. The van der Waals surface area contributed by atoms with Crippen molar-refractivity contribution in [1.82, 2.24) is 14.5 Å². The number of nitrogens with zero attached hydrogens (tertiary/aromatic N) is 3. The number of piperidine rings is 1. The summed E-state index contributed by atoms with van der Waals surface area (Å²) < 4.78 is 2.78. The molecule has 2 aromatic heterocycles. The van der Waals surface area contributed by atoms with E-state index in [0.29, 0.717) is 24.2 Å². The fourth-order valence-electron chi connectivity index (χ4n) is 3.96. The van der Waals surface area contributed by atoms with E-state index >= 15 is 0 Å². The number of hydrogen-bond acceptors (Lipinski definition) is 4. The van der Waals surface area contributed by atoms with Crippen LogP contribution < -0.4 is 10.9 Å². The van der Waals surface area contributed by atoms with Crippen LogP contribution in [-0.2, 0) is 11.3 Å². The van der Waals surface area contributed by atoms with E-state index in [4.69, 9.17) is 0 Å². The van der Waals surface area contributed by atoms with Gasteiger partial charge in [0.1, 0.15) is 5.82 Å². The Hall–Kier alpha value is -1.99. The normalized spacial score (nSPS) is 22.3. The zero-order valence-electron chi connectivity index (χ0n) is 13.7. The zero-order valence-corrected chi connectivity index (χ0v) is 15.3. The number of pyridine rings is 2. The van der Waals surface area contributed by atoms with Gasteiger partial charge in [-0.05, 0) is 46.5 Å². The van der Waals surface area contributed by atoms with Crippen molar-refractivity contribution in [1.29, 1.82) is 0 Å². The quantitative estimate of drug-likeness (QED) is 0.852. The summed E-state index contributed by atoms with van der Waals surface area (Å²) in [6.45, 7) is 2.75. The molecule has 0 aliphatic carbocycles. The molecule has 0 spiro atoms. The lowest BCUT2D eigenvalue weighted by Crippen LogP contribution is -2.49. The molecule has 0 aromatic carbocycles. The van der Waals surface area contributed by atoms with Crippen LogP contribution in [0.25, 0.3) is 0 Å². The summed E-state index contributed by atoms with van der Waals surface area (Å²) in [5, 5.41) is 2.84. The van der Waals surface area contributed by atoms with Gasteiger partial charge in [-0.25, -0.2) is 4.98 Å². The predicted molar refractivity (Wildman–Crippen MR) is 98.6 cm³/mol. The fourth-order valence-corrected chi connectivity index (χ4v) is 4.19. The summed E-state index contributed by atoms with van der Waals surface area (Å²) in [6.07, 6.45) is 2.76. The number of nitrogens with one attached hydrogen (secondary N) is 1. The van der Waals surface area contributed by atoms with Crippen LogP contribution in [0.2, 0.25) is 0 Å². The molecule has 2 aromatic rings. The first kappa shape index (κ1) is 16.5. The van der Waals surface area contributed by atoms with Crippen molar-refractivity contribution >= 4 is 27.7 Å². The average molecular weight is 403 g/mol. The van der Waals surface area contributed by atoms with Crippen molar-refractivity contribution in [3.63, 3.8) is 0 Å². The molecular formula is C18H19BrN4O2. The lowest BCUT2D eigenvalue weighted by atomic mass is 9.83. The molecule has 2 aliphatic rings. The van der Waals surface area contributed by atoms with Gasteiger partial charge < -0.3 is 9.88 Å². The van der Waals surface area contributed by atoms with Crippen LogP contribution in [0, 0.1) is 5.92 Å². The molecule has 0 radical (unpaired) electrons. The molecule has 2 aliphatic heterocycles. The van der Waals surface area contributed by atoms with E-state index in [9.17, 15) is 9.59 Å². The van der Waals surface area contributed by atoms with Gasteiger partial charge in [0.25, 0.3) is 5.56 Å². The van der Waals surface area contributed by atoms with Crippen LogP contribution in [-0.4, -0.2) is 40.0 Å². The van der Waals surface area contributed by atoms with Crippen molar-refractivity contribution in [2.24, 2.45) is 5.92 Å². The minimum Gasteiger partial charge on any atom is -0.312 e. The summed E-state index contributed by atoms with van der Waals surface area (Å²) in [4.78, 5) is 30.7. The second-order valence-corrected chi connectivity index (χ2v) is 7.72.